The van der Waals surface area contributed by atoms with Crippen LogP contribution in [0.15, 0.2) is 0 Å². The monoisotopic (exact) mass is 175 g/mol. The molecule has 0 radical (unpaired) electrons. The summed E-state index contributed by atoms with van der Waals surface area (Å²) in [5.41, 5.74) is -0.137. The van der Waals surface area contributed by atoms with E-state index < -0.39 is 0 Å². The van der Waals surface area contributed by atoms with Gasteiger partial charge in [0.05, 0.1) is 5.60 Å². The standard InChI is InChI=1S/C8H17NOS/c1-8(2,10-9)6-7-4-3-5-11-7/h7H,3-6,9H2,1-2H3. The van der Waals surface area contributed by atoms with Crippen molar-refractivity contribution < 1.29 is 4.84 Å². The van der Waals surface area contributed by atoms with Gasteiger partial charge in [0.1, 0.15) is 0 Å². The van der Waals surface area contributed by atoms with Crippen molar-refractivity contribution in [3.05, 3.63) is 0 Å². The van der Waals surface area contributed by atoms with Gasteiger partial charge in [-0.3, -0.25) is 4.84 Å². The van der Waals surface area contributed by atoms with E-state index in [2.05, 4.69) is 0 Å². The summed E-state index contributed by atoms with van der Waals surface area (Å²) in [6, 6.07) is 0. The highest BCUT2D eigenvalue weighted by atomic mass is 32.2. The Bertz CT molecular complexity index is 121. The smallest absolute Gasteiger partial charge is 0.0848 e. The van der Waals surface area contributed by atoms with Gasteiger partial charge in [-0.1, -0.05) is 0 Å². The second kappa shape index (κ2) is 3.78. The fourth-order valence-corrected chi connectivity index (χ4v) is 2.92. The van der Waals surface area contributed by atoms with Gasteiger partial charge in [-0.25, -0.2) is 5.90 Å². The molecular weight excluding hydrogens is 158 g/mol. The second-order valence-electron chi connectivity index (χ2n) is 3.72. The molecule has 1 unspecified atom stereocenters. The summed E-state index contributed by atoms with van der Waals surface area (Å²) in [7, 11) is 0. The van der Waals surface area contributed by atoms with Crippen LogP contribution in [0.5, 0.6) is 0 Å². The van der Waals surface area contributed by atoms with Crippen LogP contribution < -0.4 is 5.90 Å². The Kier molecular flexibility index (Phi) is 3.22. The van der Waals surface area contributed by atoms with E-state index in [0.29, 0.717) is 0 Å². The maximum Gasteiger partial charge on any atom is 0.0848 e. The van der Waals surface area contributed by atoms with Gasteiger partial charge in [-0.15, -0.1) is 0 Å². The first-order chi connectivity index (χ1) is 5.14. The topological polar surface area (TPSA) is 35.2 Å². The lowest BCUT2D eigenvalue weighted by Crippen LogP contribution is -2.31. The molecule has 1 fully saturated rings. The highest BCUT2D eigenvalue weighted by Gasteiger charge is 2.26. The summed E-state index contributed by atoms with van der Waals surface area (Å²) < 4.78 is 0. The zero-order valence-corrected chi connectivity index (χ0v) is 8.12. The molecule has 0 amide bonds. The predicted octanol–water partition coefficient (Wildman–Crippen LogP) is 1.94. The summed E-state index contributed by atoms with van der Waals surface area (Å²) in [5, 5.41) is 0.772. The van der Waals surface area contributed by atoms with Gasteiger partial charge in [0, 0.05) is 5.25 Å². The van der Waals surface area contributed by atoms with Gasteiger partial charge in [-0.2, -0.15) is 11.8 Å². The van der Waals surface area contributed by atoms with E-state index in [9.17, 15) is 0 Å². The van der Waals surface area contributed by atoms with Crippen LogP contribution in [-0.2, 0) is 4.84 Å². The molecule has 1 aliphatic heterocycles. The van der Waals surface area contributed by atoms with Crippen LogP contribution in [-0.4, -0.2) is 16.6 Å². The quantitative estimate of drug-likeness (QED) is 0.666. The summed E-state index contributed by atoms with van der Waals surface area (Å²) in [4.78, 5) is 4.89. The van der Waals surface area contributed by atoms with E-state index in [-0.39, 0.29) is 5.60 Å². The van der Waals surface area contributed by atoms with Crippen molar-refractivity contribution in [1.82, 2.24) is 0 Å². The third kappa shape index (κ3) is 3.01. The molecule has 66 valence electrons. The average molecular weight is 175 g/mol. The van der Waals surface area contributed by atoms with Crippen LogP contribution in [0.4, 0.5) is 0 Å². The molecule has 2 N–H and O–H groups in total. The molecule has 0 aromatic heterocycles. The highest BCUT2D eigenvalue weighted by molar-refractivity contribution is 8.00. The van der Waals surface area contributed by atoms with Gasteiger partial charge in [0.15, 0.2) is 0 Å². The Morgan fingerprint density at radius 2 is 2.36 bits per heavy atom. The third-order valence-corrected chi connectivity index (χ3v) is 3.46. The third-order valence-electron chi connectivity index (χ3n) is 2.06. The van der Waals surface area contributed by atoms with Gasteiger partial charge in [0.2, 0.25) is 0 Å². The first-order valence-corrected chi connectivity index (χ1v) is 5.18. The van der Waals surface area contributed by atoms with Crippen molar-refractivity contribution in [2.45, 2.75) is 44.0 Å². The minimum absolute atomic E-state index is 0.137. The van der Waals surface area contributed by atoms with E-state index in [1.54, 1.807) is 0 Å². The van der Waals surface area contributed by atoms with Gasteiger partial charge in [-0.05, 0) is 38.9 Å². The second-order valence-corrected chi connectivity index (χ2v) is 5.12. The van der Waals surface area contributed by atoms with Gasteiger partial charge < -0.3 is 0 Å². The number of hydrogen-bond acceptors (Lipinski definition) is 3. The van der Waals surface area contributed by atoms with Gasteiger partial charge in [0.25, 0.3) is 0 Å². The molecule has 0 aromatic carbocycles. The van der Waals surface area contributed by atoms with Crippen molar-refractivity contribution in [3.8, 4) is 0 Å². The molecule has 1 saturated heterocycles. The van der Waals surface area contributed by atoms with E-state index in [4.69, 9.17) is 10.7 Å². The molecule has 1 aliphatic rings. The summed E-state index contributed by atoms with van der Waals surface area (Å²) >= 11 is 2.05. The fourth-order valence-electron chi connectivity index (χ4n) is 1.40. The molecule has 1 heterocycles. The molecule has 0 aromatic rings. The molecule has 2 nitrogen and oxygen atoms in total. The minimum Gasteiger partial charge on any atom is -0.299 e. The average Bonchev–Trinajstić information content (AvgIpc) is 2.39. The minimum atomic E-state index is -0.137. The van der Waals surface area contributed by atoms with Crippen molar-refractivity contribution in [2.24, 2.45) is 5.90 Å². The molecular formula is C8H17NOS. The first-order valence-electron chi connectivity index (χ1n) is 4.13. The van der Waals surface area contributed by atoms with E-state index >= 15 is 0 Å². The Labute approximate surface area is 72.8 Å². The molecule has 1 atom stereocenters. The maximum atomic E-state index is 5.18. The number of thioether (sulfide) groups is 1. The lowest BCUT2D eigenvalue weighted by Gasteiger charge is -2.24. The summed E-state index contributed by atoms with van der Waals surface area (Å²) in [5.74, 6) is 6.49. The first kappa shape index (κ1) is 9.36. The predicted molar refractivity (Wildman–Crippen MR) is 49.4 cm³/mol. The van der Waals surface area contributed by atoms with Crippen LogP contribution in [0.25, 0.3) is 0 Å². The number of hydrogen-bond donors (Lipinski definition) is 1. The number of rotatable bonds is 3. The fraction of sp³-hybridized carbons (Fsp3) is 1.00. The Hall–Kier alpha value is 0.270. The summed E-state index contributed by atoms with van der Waals surface area (Å²) in [6.07, 6.45) is 3.77. The molecule has 0 bridgehead atoms. The zero-order valence-electron chi connectivity index (χ0n) is 7.30. The van der Waals surface area contributed by atoms with Crippen molar-refractivity contribution in [2.75, 3.05) is 5.75 Å². The molecule has 1 rings (SSSR count). The van der Waals surface area contributed by atoms with Gasteiger partial charge >= 0.3 is 0 Å². The normalized spacial score (nSPS) is 25.9. The highest BCUT2D eigenvalue weighted by Crippen LogP contribution is 2.32. The van der Waals surface area contributed by atoms with Crippen molar-refractivity contribution in [1.29, 1.82) is 0 Å². The van der Waals surface area contributed by atoms with E-state index in [1.807, 2.05) is 25.6 Å². The molecule has 0 spiro atoms. The Morgan fingerprint density at radius 1 is 1.64 bits per heavy atom. The maximum absolute atomic E-state index is 5.18. The zero-order chi connectivity index (χ0) is 8.32. The molecule has 0 aliphatic carbocycles. The van der Waals surface area contributed by atoms with Crippen molar-refractivity contribution >= 4 is 11.8 Å². The molecule has 3 heteroatoms. The van der Waals surface area contributed by atoms with Crippen LogP contribution in [0, 0.1) is 0 Å². The van der Waals surface area contributed by atoms with Crippen LogP contribution in [0.3, 0.4) is 0 Å². The van der Waals surface area contributed by atoms with E-state index in [1.165, 1.54) is 18.6 Å². The Balaban J connectivity index is 2.28. The van der Waals surface area contributed by atoms with Crippen LogP contribution >= 0.6 is 11.8 Å². The lowest BCUT2D eigenvalue weighted by atomic mass is 10.0. The summed E-state index contributed by atoms with van der Waals surface area (Å²) in [6.45, 7) is 4.10. The molecule has 11 heavy (non-hydrogen) atoms. The Morgan fingerprint density at radius 3 is 2.82 bits per heavy atom. The number of nitrogens with two attached hydrogens (primary N) is 1. The van der Waals surface area contributed by atoms with Crippen LogP contribution in [0.1, 0.15) is 33.1 Å². The lowest BCUT2D eigenvalue weighted by molar-refractivity contribution is -0.0254. The van der Waals surface area contributed by atoms with Crippen LogP contribution in [0.2, 0.25) is 0 Å². The SMILES string of the molecule is CC(C)(CC1CCCS1)ON. The van der Waals surface area contributed by atoms with Crippen molar-refractivity contribution in [3.63, 3.8) is 0 Å². The molecule has 0 saturated carbocycles. The van der Waals surface area contributed by atoms with E-state index in [0.717, 1.165) is 11.7 Å². The largest absolute Gasteiger partial charge is 0.299 e.